The first-order chi connectivity index (χ1) is 16.4. The van der Waals surface area contributed by atoms with E-state index >= 15 is 0 Å². The smallest absolute Gasteiger partial charge is 0.338 e. The number of hydrogen-bond donors (Lipinski definition) is 2. The van der Waals surface area contributed by atoms with E-state index < -0.39 is 29.8 Å². The van der Waals surface area contributed by atoms with Crippen LogP contribution in [0.4, 0.5) is 4.39 Å². The van der Waals surface area contributed by atoms with Crippen molar-refractivity contribution in [2.24, 2.45) is 4.99 Å². The number of carboxylic acids is 1. The van der Waals surface area contributed by atoms with Crippen LogP contribution in [-0.2, 0) is 19.1 Å². The number of nitrogens with zero attached hydrogens (tertiary/aromatic N) is 3. The Morgan fingerprint density at radius 1 is 1.44 bits per heavy atom. The number of carbonyl (C=O) groups is 2. The van der Waals surface area contributed by atoms with Gasteiger partial charge in [0.15, 0.2) is 10.8 Å². The molecule has 0 amide bonds. The zero-order valence-corrected chi connectivity index (χ0v) is 19.7. The summed E-state index contributed by atoms with van der Waals surface area (Å²) in [7, 11) is 0. The highest BCUT2D eigenvalue weighted by atomic mass is 35.5. The third-order valence-corrected chi connectivity index (χ3v) is 6.60. The maximum atomic E-state index is 14.4. The van der Waals surface area contributed by atoms with Gasteiger partial charge in [-0.1, -0.05) is 23.7 Å². The maximum absolute atomic E-state index is 14.4. The number of aromatic nitrogens is 1. The molecular formula is C22H22ClFN4O5S. The molecule has 2 atom stereocenters. The summed E-state index contributed by atoms with van der Waals surface area (Å²) in [6.45, 7) is 2.56. The number of carboxylic acid groups (broad SMARTS) is 1. The van der Waals surface area contributed by atoms with Crippen molar-refractivity contribution in [2.75, 3.05) is 32.9 Å². The molecule has 2 aromatic rings. The van der Waals surface area contributed by atoms with Crippen molar-refractivity contribution in [2.45, 2.75) is 19.0 Å². The lowest BCUT2D eigenvalue weighted by atomic mass is 9.95. The molecule has 0 aliphatic carbocycles. The van der Waals surface area contributed by atoms with E-state index in [2.05, 4.69) is 15.3 Å². The lowest BCUT2D eigenvalue weighted by molar-refractivity contribution is -0.149. The van der Waals surface area contributed by atoms with Gasteiger partial charge in [-0.15, -0.1) is 11.3 Å². The Bertz CT molecular complexity index is 1140. The molecule has 1 saturated heterocycles. The number of hydrogen-bond acceptors (Lipinski definition) is 9. The van der Waals surface area contributed by atoms with Crippen LogP contribution in [0.2, 0.25) is 5.02 Å². The molecule has 1 aromatic heterocycles. The van der Waals surface area contributed by atoms with Crippen molar-refractivity contribution < 1.29 is 28.6 Å². The van der Waals surface area contributed by atoms with Crippen LogP contribution < -0.4 is 5.32 Å². The summed E-state index contributed by atoms with van der Waals surface area (Å²) in [6.07, 6.45) is 1.61. The molecule has 0 bridgehead atoms. The lowest BCUT2D eigenvalue weighted by Crippen LogP contribution is -2.52. The molecule has 0 saturated carbocycles. The molecule has 1 aromatic carbocycles. The number of carbonyl (C=O) groups excluding carboxylic acids is 1. The second-order valence-corrected chi connectivity index (χ2v) is 8.77. The Kier molecular flexibility index (Phi) is 7.57. The number of morpholine rings is 1. The van der Waals surface area contributed by atoms with Crippen LogP contribution in [0.25, 0.3) is 0 Å². The largest absolute Gasteiger partial charge is 0.480 e. The maximum Gasteiger partial charge on any atom is 0.338 e. The quantitative estimate of drug-likeness (QED) is 0.549. The first-order valence-electron chi connectivity index (χ1n) is 10.5. The number of thiazole rings is 1. The first-order valence-corrected chi connectivity index (χ1v) is 11.8. The van der Waals surface area contributed by atoms with Crippen molar-refractivity contribution in [1.82, 2.24) is 15.2 Å². The fourth-order valence-corrected chi connectivity index (χ4v) is 4.65. The number of ether oxygens (including phenoxy) is 2. The van der Waals surface area contributed by atoms with Gasteiger partial charge in [-0.25, -0.2) is 14.2 Å². The Morgan fingerprint density at radius 3 is 2.97 bits per heavy atom. The molecule has 3 heterocycles. The van der Waals surface area contributed by atoms with Crippen molar-refractivity contribution in [3.63, 3.8) is 0 Å². The SMILES string of the molecule is CCOC(=O)C1=C(CN2CCOC[C@H]2C(=O)O)NC(c2nccs2)=N[C@H]1c1cccc(F)c1Cl. The number of amidine groups is 1. The van der Waals surface area contributed by atoms with Crippen LogP contribution in [0.3, 0.4) is 0 Å². The number of esters is 1. The summed E-state index contributed by atoms with van der Waals surface area (Å²) >= 11 is 7.62. The summed E-state index contributed by atoms with van der Waals surface area (Å²) in [5, 5.41) is 15.0. The van der Waals surface area contributed by atoms with Gasteiger partial charge < -0.3 is 19.9 Å². The molecule has 12 heteroatoms. The minimum atomic E-state index is -1.03. The zero-order chi connectivity index (χ0) is 24.2. The predicted molar refractivity (Wildman–Crippen MR) is 123 cm³/mol. The molecule has 0 unspecified atom stereocenters. The summed E-state index contributed by atoms with van der Waals surface area (Å²) in [5.74, 6) is -1.97. The molecule has 0 radical (unpaired) electrons. The Balaban J connectivity index is 1.84. The molecule has 4 rings (SSSR count). The Labute approximate surface area is 203 Å². The van der Waals surface area contributed by atoms with Gasteiger partial charge in [0, 0.05) is 35.9 Å². The van der Waals surface area contributed by atoms with E-state index in [9.17, 15) is 19.1 Å². The Hall–Kier alpha value is -2.86. The average Bonchev–Trinajstić information content (AvgIpc) is 3.36. The van der Waals surface area contributed by atoms with Gasteiger partial charge in [-0.2, -0.15) is 0 Å². The molecule has 180 valence electrons. The van der Waals surface area contributed by atoms with E-state index in [4.69, 9.17) is 21.1 Å². The summed E-state index contributed by atoms with van der Waals surface area (Å²) in [4.78, 5) is 35.6. The molecule has 2 aliphatic heterocycles. The van der Waals surface area contributed by atoms with Gasteiger partial charge in [0.05, 0.1) is 30.4 Å². The van der Waals surface area contributed by atoms with E-state index in [0.717, 1.165) is 0 Å². The standard InChI is InChI=1S/C22H22ClFN4O5S/c1-2-33-22(31)16-14(10-28-7-8-32-11-15(28)21(29)30)26-19(20-25-6-9-34-20)27-18(16)12-4-3-5-13(24)17(12)23/h3-6,9,15,18H,2,7-8,10-11H2,1H3,(H,26,27)(H,29,30)/t15-,18-/m0/s1. The van der Waals surface area contributed by atoms with Crippen LogP contribution in [0.1, 0.15) is 23.5 Å². The predicted octanol–water partition coefficient (Wildman–Crippen LogP) is 2.63. The minimum Gasteiger partial charge on any atom is -0.480 e. The molecule has 1 fully saturated rings. The van der Waals surface area contributed by atoms with Crippen molar-refractivity contribution >= 4 is 40.7 Å². The second-order valence-electron chi connectivity index (χ2n) is 7.50. The topological polar surface area (TPSA) is 113 Å². The highest BCUT2D eigenvalue weighted by molar-refractivity contribution is 7.11. The third-order valence-electron chi connectivity index (χ3n) is 5.42. The molecule has 34 heavy (non-hydrogen) atoms. The van der Waals surface area contributed by atoms with Crippen LogP contribution in [0.5, 0.6) is 0 Å². The van der Waals surface area contributed by atoms with E-state index in [-0.39, 0.29) is 35.9 Å². The summed E-state index contributed by atoms with van der Waals surface area (Å²) in [6, 6.07) is 2.42. The normalized spacial score (nSPS) is 21.1. The van der Waals surface area contributed by atoms with Gasteiger partial charge in [0.2, 0.25) is 0 Å². The number of aliphatic carboxylic acids is 1. The average molecular weight is 509 g/mol. The van der Waals surface area contributed by atoms with E-state index in [1.807, 2.05) is 0 Å². The molecule has 2 aliphatic rings. The van der Waals surface area contributed by atoms with Gasteiger partial charge in [0.1, 0.15) is 17.9 Å². The highest BCUT2D eigenvalue weighted by Crippen LogP contribution is 2.37. The molecule has 0 spiro atoms. The lowest BCUT2D eigenvalue weighted by Gasteiger charge is -2.35. The third kappa shape index (κ3) is 4.97. The minimum absolute atomic E-state index is 0.0178. The number of nitrogens with one attached hydrogen (secondary N) is 1. The fraction of sp³-hybridized carbons (Fsp3) is 0.364. The van der Waals surface area contributed by atoms with Gasteiger partial charge in [-0.3, -0.25) is 14.7 Å². The van der Waals surface area contributed by atoms with Gasteiger partial charge in [-0.05, 0) is 13.0 Å². The number of rotatable bonds is 7. The summed E-state index contributed by atoms with van der Waals surface area (Å²) in [5.41, 5.74) is 0.803. The second kappa shape index (κ2) is 10.6. The van der Waals surface area contributed by atoms with Crippen LogP contribution in [0, 0.1) is 5.82 Å². The van der Waals surface area contributed by atoms with Crippen LogP contribution >= 0.6 is 22.9 Å². The molecule has 9 nitrogen and oxygen atoms in total. The van der Waals surface area contributed by atoms with Crippen molar-refractivity contribution in [3.05, 3.63) is 62.5 Å². The highest BCUT2D eigenvalue weighted by Gasteiger charge is 2.37. The number of halogens is 2. The van der Waals surface area contributed by atoms with Gasteiger partial charge >= 0.3 is 11.9 Å². The Morgan fingerprint density at radius 2 is 2.26 bits per heavy atom. The van der Waals surface area contributed by atoms with E-state index in [1.54, 1.807) is 29.5 Å². The van der Waals surface area contributed by atoms with E-state index in [1.165, 1.54) is 23.5 Å². The van der Waals surface area contributed by atoms with Crippen LogP contribution in [-0.4, -0.2) is 71.7 Å². The van der Waals surface area contributed by atoms with Crippen LogP contribution in [0.15, 0.2) is 46.0 Å². The van der Waals surface area contributed by atoms with Crippen molar-refractivity contribution in [3.8, 4) is 0 Å². The number of aliphatic imine (C=N–C) groups is 1. The monoisotopic (exact) mass is 508 g/mol. The first kappa shape index (κ1) is 24.3. The van der Waals surface area contributed by atoms with E-state index in [0.29, 0.717) is 29.7 Å². The molecular weight excluding hydrogens is 487 g/mol. The van der Waals surface area contributed by atoms with Crippen molar-refractivity contribution in [1.29, 1.82) is 0 Å². The van der Waals surface area contributed by atoms with Gasteiger partial charge in [0.25, 0.3) is 0 Å². The zero-order valence-electron chi connectivity index (χ0n) is 18.2. The number of benzene rings is 1. The fourth-order valence-electron chi connectivity index (χ4n) is 3.83. The summed E-state index contributed by atoms with van der Waals surface area (Å²) < 4.78 is 25.0. The molecule has 2 N–H and O–H groups in total.